The molecule has 0 saturated heterocycles. The summed E-state index contributed by atoms with van der Waals surface area (Å²) >= 11 is 1.18. The van der Waals surface area contributed by atoms with Crippen molar-refractivity contribution in [3.63, 3.8) is 0 Å². The molecule has 2 aromatic carbocycles. The van der Waals surface area contributed by atoms with Crippen LogP contribution in [0.1, 0.15) is 50.2 Å². The standard InChI is InChI=1S/C21H22N4O6S.C10H8N2O/c1-11-22-14-4-3-12(9-13(14)19(28)23-11)10-25(2)17-7-6-16(32-17)20(29)24-15(21(30)31)5-8-18(26)27;1-7-11-9-5-3-2-4-8(9)10(6-13)12-7/h3-4,6-7,9,15H,5,8,10H2,1-2H3,(H,24,29)(H,26,27)(H,30,31)(H,22,23,28);2-6H,1H3. The summed E-state index contributed by atoms with van der Waals surface area (Å²) in [4.78, 5) is 74.7. The molecule has 5 rings (SSSR count). The van der Waals surface area contributed by atoms with Gasteiger partial charge < -0.3 is 25.4 Å². The van der Waals surface area contributed by atoms with Crippen LogP contribution in [0.25, 0.3) is 21.8 Å². The highest BCUT2D eigenvalue weighted by Crippen LogP contribution is 2.27. The number of rotatable bonds is 10. The number of carboxylic acid groups (broad SMARTS) is 2. The molecular weight excluding hydrogens is 600 g/mol. The van der Waals surface area contributed by atoms with E-state index in [0.717, 1.165) is 27.8 Å². The Labute approximate surface area is 260 Å². The van der Waals surface area contributed by atoms with Gasteiger partial charge in [0, 0.05) is 25.4 Å². The van der Waals surface area contributed by atoms with Crippen LogP contribution in [-0.4, -0.2) is 67.4 Å². The summed E-state index contributed by atoms with van der Waals surface area (Å²) < 4.78 is 0. The maximum Gasteiger partial charge on any atom is 0.326 e. The van der Waals surface area contributed by atoms with Gasteiger partial charge >= 0.3 is 11.9 Å². The monoisotopic (exact) mass is 630 g/mol. The summed E-state index contributed by atoms with van der Waals surface area (Å²) in [5.41, 5.74) is 2.57. The third-order valence-electron chi connectivity index (χ3n) is 6.61. The number of fused-ring (bicyclic) bond motifs is 2. The first-order chi connectivity index (χ1) is 21.4. The molecule has 0 fully saturated rings. The van der Waals surface area contributed by atoms with Crippen LogP contribution in [0.5, 0.6) is 0 Å². The van der Waals surface area contributed by atoms with E-state index in [2.05, 4.69) is 25.3 Å². The number of aldehydes is 1. The number of benzene rings is 2. The molecule has 1 unspecified atom stereocenters. The third kappa shape index (κ3) is 8.32. The van der Waals surface area contributed by atoms with Gasteiger partial charge in [0.05, 0.1) is 26.3 Å². The number of carbonyl (C=O) groups excluding carboxylic acids is 2. The summed E-state index contributed by atoms with van der Waals surface area (Å²) in [5, 5.41) is 22.4. The molecule has 0 aliphatic heterocycles. The molecule has 0 radical (unpaired) electrons. The normalized spacial score (nSPS) is 11.4. The fourth-order valence-corrected chi connectivity index (χ4v) is 5.34. The van der Waals surface area contributed by atoms with Gasteiger partial charge in [-0.25, -0.2) is 19.7 Å². The predicted octanol–water partition coefficient (Wildman–Crippen LogP) is 3.73. The molecule has 14 heteroatoms. The largest absolute Gasteiger partial charge is 0.481 e. The fourth-order valence-electron chi connectivity index (χ4n) is 4.47. The Morgan fingerprint density at radius 3 is 2.44 bits per heavy atom. The minimum Gasteiger partial charge on any atom is -0.481 e. The van der Waals surface area contributed by atoms with Crippen LogP contribution in [0.2, 0.25) is 0 Å². The number of thiophene rings is 1. The first-order valence-corrected chi connectivity index (χ1v) is 14.5. The zero-order chi connectivity index (χ0) is 32.7. The molecule has 1 amide bonds. The van der Waals surface area contributed by atoms with Crippen molar-refractivity contribution in [2.75, 3.05) is 11.9 Å². The Hall–Kier alpha value is -5.50. The Morgan fingerprint density at radius 2 is 1.73 bits per heavy atom. The van der Waals surface area contributed by atoms with Crippen molar-refractivity contribution in [2.24, 2.45) is 0 Å². The SMILES string of the molecule is Cc1nc(C=O)c2ccccc2n1.Cc1nc2ccc(CN(C)c3ccc(C(=O)NC(CCC(=O)O)C(=O)O)s3)cc2c(=O)[nH]1. The number of aromatic amines is 1. The number of nitrogens with zero attached hydrogens (tertiary/aromatic N) is 4. The lowest BCUT2D eigenvalue weighted by atomic mass is 10.1. The molecule has 4 N–H and O–H groups in total. The van der Waals surface area contributed by atoms with Crippen LogP contribution >= 0.6 is 11.3 Å². The molecule has 45 heavy (non-hydrogen) atoms. The lowest BCUT2D eigenvalue weighted by Gasteiger charge is -2.17. The first kappa shape index (κ1) is 32.4. The highest BCUT2D eigenvalue weighted by molar-refractivity contribution is 7.18. The second-order valence-electron chi connectivity index (χ2n) is 10.1. The molecular formula is C31H30N6O7S. The maximum absolute atomic E-state index is 12.4. The number of aryl methyl sites for hydroxylation is 2. The summed E-state index contributed by atoms with van der Waals surface area (Å²) in [7, 11) is 1.84. The van der Waals surface area contributed by atoms with E-state index < -0.39 is 23.9 Å². The Balaban J connectivity index is 0.000000293. The number of H-pyrrole nitrogens is 1. The number of amides is 1. The van der Waals surface area contributed by atoms with Crippen molar-refractivity contribution >= 4 is 62.3 Å². The van der Waals surface area contributed by atoms with Crippen molar-refractivity contribution in [1.82, 2.24) is 25.3 Å². The number of aliphatic carboxylic acids is 2. The fraction of sp³-hybridized carbons (Fsp3) is 0.226. The van der Waals surface area contributed by atoms with Gasteiger partial charge in [0.2, 0.25) is 0 Å². The van der Waals surface area contributed by atoms with Gasteiger partial charge in [-0.1, -0.05) is 24.3 Å². The van der Waals surface area contributed by atoms with Gasteiger partial charge in [-0.05, 0) is 56.2 Å². The molecule has 232 valence electrons. The predicted molar refractivity (Wildman–Crippen MR) is 169 cm³/mol. The average Bonchev–Trinajstić information content (AvgIpc) is 3.50. The molecule has 3 heterocycles. The van der Waals surface area contributed by atoms with E-state index in [1.807, 2.05) is 42.3 Å². The van der Waals surface area contributed by atoms with Crippen LogP contribution in [0, 0.1) is 13.8 Å². The topological polar surface area (TPSA) is 196 Å². The summed E-state index contributed by atoms with van der Waals surface area (Å²) in [6.45, 7) is 3.97. The number of hydrogen-bond acceptors (Lipinski definition) is 10. The van der Waals surface area contributed by atoms with Crippen LogP contribution in [0.4, 0.5) is 5.00 Å². The number of hydrogen-bond donors (Lipinski definition) is 4. The molecule has 3 aromatic heterocycles. The van der Waals surface area contributed by atoms with Gasteiger partial charge in [-0.2, -0.15) is 0 Å². The minimum absolute atomic E-state index is 0.204. The van der Waals surface area contributed by atoms with Crippen molar-refractivity contribution in [3.8, 4) is 0 Å². The number of aromatic nitrogens is 4. The van der Waals surface area contributed by atoms with Gasteiger partial charge in [0.1, 0.15) is 23.4 Å². The molecule has 5 aromatic rings. The number of anilines is 1. The van der Waals surface area contributed by atoms with Crippen molar-refractivity contribution in [2.45, 2.75) is 39.3 Å². The lowest BCUT2D eigenvalue weighted by Crippen LogP contribution is -2.40. The second kappa shape index (κ2) is 14.3. The van der Waals surface area contributed by atoms with E-state index in [-0.39, 0.29) is 18.4 Å². The van der Waals surface area contributed by atoms with E-state index in [1.165, 1.54) is 11.3 Å². The average molecular weight is 631 g/mol. The second-order valence-corrected chi connectivity index (χ2v) is 11.1. The van der Waals surface area contributed by atoms with Crippen LogP contribution < -0.4 is 15.8 Å². The third-order valence-corrected chi connectivity index (χ3v) is 7.80. The molecule has 0 aliphatic rings. The summed E-state index contributed by atoms with van der Waals surface area (Å²) in [6, 6.07) is 15.0. The van der Waals surface area contributed by atoms with Crippen molar-refractivity contribution in [3.05, 3.63) is 92.7 Å². The highest BCUT2D eigenvalue weighted by atomic mass is 32.1. The van der Waals surface area contributed by atoms with Crippen LogP contribution in [0.3, 0.4) is 0 Å². The number of para-hydroxylation sites is 1. The van der Waals surface area contributed by atoms with Crippen LogP contribution in [0.15, 0.2) is 59.4 Å². The van der Waals surface area contributed by atoms with E-state index in [1.54, 1.807) is 38.1 Å². The summed E-state index contributed by atoms with van der Waals surface area (Å²) in [5.74, 6) is -1.83. The zero-order valence-electron chi connectivity index (χ0n) is 24.6. The number of carbonyl (C=O) groups is 4. The molecule has 1 atom stereocenters. The van der Waals surface area contributed by atoms with Gasteiger partial charge in [-0.15, -0.1) is 11.3 Å². The lowest BCUT2D eigenvalue weighted by molar-refractivity contribution is -0.140. The van der Waals surface area contributed by atoms with Gasteiger partial charge in [0.15, 0.2) is 6.29 Å². The van der Waals surface area contributed by atoms with E-state index in [0.29, 0.717) is 39.7 Å². The van der Waals surface area contributed by atoms with Crippen molar-refractivity contribution < 1.29 is 29.4 Å². The molecule has 0 bridgehead atoms. The molecule has 13 nitrogen and oxygen atoms in total. The zero-order valence-corrected chi connectivity index (χ0v) is 25.4. The first-order valence-electron chi connectivity index (χ1n) is 13.7. The van der Waals surface area contributed by atoms with Crippen LogP contribution in [-0.2, 0) is 16.1 Å². The summed E-state index contributed by atoms with van der Waals surface area (Å²) in [6.07, 6.45) is 0.195. The number of carboxylic acids is 2. The molecule has 0 aliphatic carbocycles. The Kier molecular flexibility index (Phi) is 10.3. The van der Waals surface area contributed by atoms with E-state index in [4.69, 9.17) is 5.11 Å². The smallest absolute Gasteiger partial charge is 0.326 e. The number of nitrogens with one attached hydrogen (secondary N) is 2. The molecule has 0 saturated carbocycles. The quantitative estimate of drug-likeness (QED) is 0.164. The van der Waals surface area contributed by atoms with Gasteiger partial charge in [-0.3, -0.25) is 19.2 Å². The maximum atomic E-state index is 12.4. The van der Waals surface area contributed by atoms with E-state index >= 15 is 0 Å². The Morgan fingerprint density at radius 1 is 1.00 bits per heavy atom. The minimum atomic E-state index is -1.29. The van der Waals surface area contributed by atoms with Gasteiger partial charge in [0.25, 0.3) is 11.5 Å². The van der Waals surface area contributed by atoms with E-state index in [9.17, 15) is 29.1 Å². The Bertz CT molecular complexity index is 1950. The molecule has 0 spiro atoms. The van der Waals surface area contributed by atoms with Crippen molar-refractivity contribution in [1.29, 1.82) is 0 Å². The highest BCUT2D eigenvalue weighted by Gasteiger charge is 2.23.